The second-order valence-electron chi connectivity index (χ2n) is 4.03. The van der Waals surface area contributed by atoms with E-state index in [4.69, 9.17) is 0 Å². The van der Waals surface area contributed by atoms with Gasteiger partial charge in [-0.15, -0.1) is 11.3 Å². The predicted octanol–water partition coefficient (Wildman–Crippen LogP) is 1.34. The molecule has 1 unspecified atom stereocenters. The zero-order valence-corrected chi connectivity index (χ0v) is 15.5. The van der Waals surface area contributed by atoms with Crippen molar-refractivity contribution in [3.8, 4) is 0 Å². The third kappa shape index (κ3) is 5.26. The maximum absolute atomic E-state index is 11.0. The maximum Gasteiger partial charge on any atom is 0.0719 e. The summed E-state index contributed by atoms with van der Waals surface area (Å²) < 4.78 is 23.3. The van der Waals surface area contributed by atoms with Crippen molar-refractivity contribution >= 4 is 23.4 Å². The zero-order chi connectivity index (χ0) is 14.4. The second-order valence-corrected chi connectivity index (χ2v) is 4.79. The second kappa shape index (κ2) is 9.63. The summed E-state index contributed by atoms with van der Waals surface area (Å²) in [6.07, 6.45) is 3.79. The van der Waals surface area contributed by atoms with E-state index < -0.39 is 11.3 Å². The number of nitrogens with one attached hydrogen (secondary N) is 1. The number of hydrogen-bond acceptors (Lipinski definition) is 3. The van der Waals surface area contributed by atoms with Crippen LogP contribution < -0.4 is 9.62 Å². The van der Waals surface area contributed by atoms with Gasteiger partial charge in [0, 0.05) is 50.5 Å². The number of amides is 1. The van der Waals surface area contributed by atoms with E-state index >= 15 is 0 Å². The molecule has 7 heteroatoms. The van der Waals surface area contributed by atoms with Gasteiger partial charge in [0.25, 0.3) is 0 Å². The van der Waals surface area contributed by atoms with Crippen LogP contribution >= 0.6 is 0 Å². The quantitative estimate of drug-likeness (QED) is 0.447. The third-order valence-corrected chi connectivity index (χ3v) is 3.17. The van der Waals surface area contributed by atoms with E-state index in [2.05, 4.69) is 4.72 Å². The van der Waals surface area contributed by atoms with Crippen molar-refractivity contribution in [2.24, 2.45) is 0 Å². The molecule has 109 valence electrons. The van der Waals surface area contributed by atoms with Crippen LogP contribution in [0.25, 0.3) is 0 Å². The minimum atomic E-state index is -2.28. The first-order chi connectivity index (χ1) is 9.03. The van der Waals surface area contributed by atoms with Crippen molar-refractivity contribution in [1.82, 2.24) is 4.72 Å². The first kappa shape index (κ1) is 19.7. The molecule has 0 saturated carbocycles. The monoisotopic (exact) mass is 370 g/mol. The molecule has 0 aliphatic heterocycles. The van der Waals surface area contributed by atoms with Gasteiger partial charge in [0.1, 0.15) is 0 Å². The van der Waals surface area contributed by atoms with E-state index in [1.807, 2.05) is 45.7 Å². The van der Waals surface area contributed by atoms with Crippen LogP contribution in [0.4, 0.5) is 5.69 Å². The Hall–Kier alpha value is -0.266. The number of benzene rings is 1. The molecular weight excluding hydrogens is 353 g/mol. The van der Waals surface area contributed by atoms with Gasteiger partial charge in [-0.3, -0.25) is 4.21 Å². The van der Waals surface area contributed by atoms with Crippen LogP contribution in [0.15, 0.2) is 12.1 Å². The van der Waals surface area contributed by atoms with Crippen LogP contribution in [-0.2, 0) is 55.3 Å². The molecular formula is C13H17N2O3SY-3. The van der Waals surface area contributed by atoms with E-state index in [0.717, 1.165) is 22.4 Å². The first-order valence-corrected chi connectivity index (χ1v) is 7.01. The van der Waals surface area contributed by atoms with Crippen molar-refractivity contribution in [2.75, 3.05) is 11.4 Å². The summed E-state index contributed by atoms with van der Waals surface area (Å²) in [5.41, 5.74) is 3.46. The minimum Gasteiger partial charge on any atom is -0.760 e. The van der Waals surface area contributed by atoms with Crippen LogP contribution in [0.1, 0.15) is 30.5 Å². The summed E-state index contributed by atoms with van der Waals surface area (Å²) in [5, 5.41) is 0. The molecule has 0 aliphatic rings. The van der Waals surface area contributed by atoms with Crippen LogP contribution in [-0.4, -0.2) is 21.7 Å². The molecule has 0 bridgehead atoms. The van der Waals surface area contributed by atoms with Gasteiger partial charge in [0.05, 0.1) is 6.41 Å². The fraction of sp³-hybridized carbons (Fsp3) is 0.385. The fourth-order valence-corrected chi connectivity index (χ4v) is 2.27. The molecule has 1 rings (SSSR count). The molecule has 1 radical (unpaired) electrons. The van der Waals surface area contributed by atoms with Crippen molar-refractivity contribution in [2.45, 2.75) is 27.3 Å². The molecule has 1 amide bonds. The SMILES string of the molecule is C[CH-]c1cc(CNS(=O)[O-])cc(C)c1N([C-]=O)CC.[Y]. The summed E-state index contributed by atoms with van der Waals surface area (Å²) in [4.78, 5) is 12.5. The number of anilines is 1. The number of carbonyl (C=O) groups excluding carboxylic acids is 1. The van der Waals surface area contributed by atoms with Gasteiger partial charge in [0.15, 0.2) is 0 Å². The summed E-state index contributed by atoms with van der Waals surface area (Å²) >= 11 is -2.28. The van der Waals surface area contributed by atoms with E-state index in [9.17, 15) is 13.6 Å². The van der Waals surface area contributed by atoms with Crippen molar-refractivity contribution in [3.05, 3.63) is 35.2 Å². The van der Waals surface area contributed by atoms with Gasteiger partial charge < -0.3 is 14.2 Å². The first-order valence-electron chi connectivity index (χ1n) is 5.94. The summed E-state index contributed by atoms with van der Waals surface area (Å²) in [6.45, 7) is 6.40. The van der Waals surface area contributed by atoms with Crippen molar-refractivity contribution < 1.29 is 46.3 Å². The Morgan fingerprint density at radius 3 is 2.60 bits per heavy atom. The average molecular weight is 370 g/mol. The average Bonchev–Trinajstić information content (AvgIpc) is 2.39. The van der Waals surface area contributed by atoms with Gasteiger partial charge in [0.2, 0.25) is 0 Å². The standard InChI is InChI=1S/C13H18N2O3S.Y/c1-4-12-7-11(8-14-19(17)18)6-10(3)13(12)15(5-2)9-16;/h4,6-7,14H,5,8H2,1-3H3,(H,17,18);/q-2;/p-1. The van der Waals surface area contributed by atoms with Gasteiger partial charge in [-0.25, -0.2) is 4.72 Å². The Bertz CT molecular complexity index is 483. The number of hydrogen-bond donors (Lipinski definition) is 1. The molecule has 20 heavy (non-hydrogen) atoms. The Morgan fingerprint density at radius 2 is 2.15 bits per heavy atom. The summed E-state index contributed by atoms with van der Waals surface area (Å²) in [5.74, 6) is 0. The molecule has 0 spiro atoms. The van der Waals surface area contributed by atoms with E-state index in [1.165, 1.54) is 4.90 Å². The van der Waals surface area contributed by atoms with Crippen LogP contribution in [0.3, 0.4) is 0 Å². The van der Waals surface area contributed by atoms with Crippen LogP contribution in [0.5, 0.6) is 0 Å². The number of aryl methyl sites for hydroxylation is 1. The van der Waals surface area contributed by atoms with Gasteiger partial charge in [-0.1, -0.05) is 25.5 Å². The zero-order valence-electron chi connectivity index (χ0n) is 11.8. The normalized spacial score (nSPS) is 11.4. The van der Waals surface area contributed by atoms with E-state index in [0.29, 0.717) is 6.54 Å². The van der Waals surface area contributed by atoms with Gasteiger partial charge in [-0.05, 0) is 13.5 Å². The van der Waals surface area contributed by atoms with Crippen molar-refractivity contribution in [1.29, 1.82) is 0 Å². The van der Waals surface area contributed by atoms with Gasteiger partial charge >= 0.3 is 0 Å². The molecule has 0 saturated heterocycles. The van der Waals surface area contributed by atoms with E-state index in [1.54, 1.807) is 0 Å². The Labute approximate surface area is 147 Å². The summed E-state index contributed by atoms with van der Waals surface area (Å²) in [7, 11) is 0. The molecule has 1 aromatic rings. The molecule has 0 aromatic heterocycles. The molecule has 0 fully saturated rings. The Kier molecular flexibility index (Phi) is 9.50. The van der Waals surface area contributed by atoms with E-state index in [-0.39, 0.29) is 39.3 Å². The molecule has 1 atom stereocenters. The van der Waals surface area contributed by atoms with Crippen molar-refractivity contribution in [3.63, 3.8) is 0 Å². The van der Waals surface area contributed by atoms with Gasteiger partial charge in [-0.2, -0.15) is 18.1 Å². The Morgan fingerprint density at radius 1 is 1.50 bits per heavy atom. The number of rotatable bonds is 7. The van der Waals surface area contributed by atoms with Crippen LogP contribution in [0.2, 0.25) is 0 Å². The largest absolute Gasteiger partial charge is 0.760 e. The van der Waals surface area contributed by atoms with Crippen LogP contribution in [0, 0.1) is 13.3 Å². The molecule has 0 aliphatic carbocycles. The molecule has 5 nitrogen and oxygen atoms in total. The molecule has 0 heterocycles. The predicted molar refractivity (Wildman–Crippen MR) is 74.7 cm³/mol. The summed E-state index contributed by atoms with van der Waals surface area (Å²) in [6, 6.07) is 3.73. The third-order valence-electron chi connectivity index (χ3n) is 2.79. The molecule has 1 aromatic carbocycles. The minimum absolute atomic E-state index is 0. The number of nitrogens with zero attached hydrogens (tertiary/aromatic N) is 1. The fourth-order valence-electron chi connectivity index (χ4n) is 1.99. The topological polar surface area (TPSA) is 72.5 Å². The maximum atomic E-state index is 11.0. The smallest absolute Gasteiger partial charge is 0.0719 e. The Balaban J connectivity index is 0.00000361. The molecule has 1 N–H and O–H groups in total.